The standard InChI is InChI=1S/C17H20N2O5S/c1-2-3-9-19-14-10-12(17(20)21)11-15(25(18,22)23)16(14)24-13-7-5-4-6-8-13/h4-8,10-11,19H,2-3,9H2,1H3,(H,20,21)(H2,18,22,23)/i2D2. The lowest BCUT2D eigenvalue weighted by atomic mass is 10.1. The fourth-order valence-corrected chi connectivity index (χ4v) is 2.80. The molecule has 0 aliphatic heterocycles. The monoisotopic (exact) mass is 366 g/mol. The number of primary sulfonamides is 1. The summed E-state index contributed by atoms with van der Waals surface area (Å²) in [5.41, 5.74) is -0.200. The molecule has 0 aromatic heterocycles. The Hall–Kier alpha value is -2.58. The Labute approximate surface area is 149 Å². The maximum Gasteiger partial charge on any atom is 0.335 e. The Bertz CT molecular complexity index is 928. The van der Waals surface area contributed by atoms with Crippen molar-refractivity contribution in [2.45, 2.75) is 24.6 Å². The number of aromatic carboxylic acids is 1. The number of hydrogen-bond acceptors (Lipinski definition) is 5. The molecule has 0 saturated heterocycles. The van der Waals surface area contributed by atoms with E-state index in [9.17, 15) is 18.3 Å². The fourth-order valence-electron chi connectivity index (χ4n) is 2.10. The molecule has 8 heteroatoms. The van der Waals surface area contributed by atoms with Gasteiger partial charge in [0, 0.05) is 9.29 Å². The second kappa shape index (κ2) is 8.00. The number of sulfonamides is 1. The first kappa shape index (κ1) is 15.9. The molecule has 0 saturated carbocycles. The number of nitrogens with two attached hydrogens (primary N) is 1. The number of nitrogens with one attached hydrogen (secondary N) is 1. The molecular formula is C17H20N2O5S. The molecule has 0 fully saturated rings. The average Bonchev–Trinajstić information content (AvgIpc) is 2.54. The number of anilines is 1. The molecule has 4 N–H and O–H groups in total. The number of benzene rings is 2. The highest BCUT2D eigenvalue weighted by Crippen LogP contribution is 2.37. The summed E-state index contributed by atoms with van der Waals surface area (Å²) in [6.07, 6.45) is -1.35. The van der Waals surface area contributed by atoms with Gasteiger partial charge in [0.15, 0.2) is 5.75 Å². The number of carboxylic acid groups (broad SMARTS) is 1. The molecular weight excluding hydrogens is 344 g/mol. The first-order chi connectivity index (χ1) is 12.5. The van der Waals surface area contributed by atoms with E-state index in [4.69, 9.17) is 12.6 Å². The van der Waals surface area contributed by atoms with E-state index in [1.165, 1.54) is 13.0 Å². The van der Waals surface area contributed by atoms with Crippen LogP contribution in [0, 0.1) is 0 Å². The second-order valence-electron chi connectivity index (χ2n) is 5.15. The Morgan fingerprint density at radius 2 is 2.00 bits per heavy atom. The molecule has 0 bridgehead atoms. The fraction of sp³-hybridized carbons (Fsp3) is 0.235. The van der Waals surface area contributed by atoms with Gasteiger partial charge in [0.25, 0.3) is 0 Å². The Kier molecular flexibility index (Phi) is 5.09. The summed E-state index contributed by atoms with van der Waals surface area (Å²) >= 11 is 0. The van der Waals surface area contributed by atoms with Crippen LogP contribution in [0.3, 0.4) is 0 Å². The normalized spacial score (nSPS) is 12.9. The van der Waals surface area contributed by atoms with Gasteiger partial charge in [-0.3, -0.25) is 0 Å². The molecule has 0 aliphatic rings. The molecule has 25 heavy (non-hydrogen) atoms. The van der Waals surface area contributed by atoms with E-state index in [0.29, 0.717) is 5.75 Å². The number of para-hydroxylation sites is 1. The summed E-state index contributed by atoms with van der Waals surface area (Å²) in [6, 6.07) is 10.5. The third-order valence-electron chi connectivity index (χ3n) is 3.26. The summed E-state index contributed by atoms with van der Waals surface area (Å²) < 4.78 is 44.9. The third-order valence-corrected chi connectivity index (χ3v) is 4.18. The SMILES string of the molecule is [2H]C([2H])(C)CCNc1cc(C(=O)O)cc(S(N)(=O)=O)c1Oc1ccccc1. The number of carbonyl (C=O) groups is 1. The molecule has 2 aromatic rings. The smallest absolute Gasteiger partial charge is 0.335 e. The van der Waals surface area contributed by atoms with Gasteiger partial charge in [0.1, 0.15) is 10.6 Å². The number of hydrogen-bond donors (Lipinski definition) is 3. The van der Waals surface area contributed by atoms with Gasteiger partial charge in [-0.05, 0) is 30.7 Å². The van der Waals surface area contributed by atoms with Crippen LogP contribution in [-0.2, 0) is 10.0 Å². The van der Waals surface area contributed by atoms with Gasteiger partial charge in [0.2, 0.25) is 10.0 Å². The topological polar surface area (TPSA) is 119 Å². The molecule has 0 spiro atoms. The molecule has 0 unspecified atom stereocenters. The van der Waals surface area contributed by atoms with E-state index in [1.807, 2.05) is 0 Å². The van der Waals surface area contributed by atoms with Crippen LogP contribution < -0.4 is 15.2 Å². The zero-order valence-corrected chi connectivity index (χ0v) is 14.3. The maximum absolute atomic E-state index is 12.0. The largest absolute Gasteiger partial charge is 0.478 e. The summed E-state index contributed by atoms with van der Waals surface area (Å²) in [4.78, 5) is 10.9. The maximum atomic E-state index is 12.0. The van der Waals surface area contributed by atoms with Crippen molar-refractivity contribution in [3.05, 3.63) is 48.0 Å². The van der Waals surface area contributed by atoms with E-state index in [0.717, 1.165) is 6.07 Å². The minimum absolute atomic E-state index is 0.0898. The van der Waals surface area contributed by atoms with Crippen LogP contribution in [0.2, 0.25) is 0 Å². The van der Waals surface area contributed by atoms with Gasteiger partial charge in [-0.2, -0.15) is 0 Å². The van der Waals surface area contributed by atoms with Crippen molar-refractivity contribution < 1.29 is 25.8 Å². The van der Waals surface area contributed by atoms with Crippen molar-refractivity contribution in [3.8, 4) is 11.5 Å². The summed E-state index contributed by atoms with van der Waals surface area (Å²) in [7, 11) is -4.29. The lowest BCUT2D eigenvalue weighted by Gasteiger charge is -2.17. The highest BCUT2D eigenvalue weighted by molar-refractivity contribution is 7.89. The first-order valence-corrected chi connectivity index (χ1v) is 8.93. The van der Waals surface area contributed by atoms with Gasteiger partial charge in [-0.15, -0.1) is 0 Å². The first-order valence-electron chi connectivity index (χ1n) is 8.38. The van der Waals surface area contributed by atoms with Crippen molar-refractivity contribution in [2.75, 3.05) is 11.9 Å². The number of ether oxygens (including phenoxy) is 1. The average molecular weight is 366 g/mol. The highest BCUT2D eigenvalue weighted by Gasteiger charge is 2.23. The molecule has 134 valence electrons. The van der Waals surface area contributed by atoms with Gasteiger partial charge in [-0.25, -0.2) is 18.4 Å². The van der Waals surface area contributed by atoms with E-state index in [2.05, 4.69) is 5.32 Å². The van der Waals surface area contributed by atoms with Crippen LogP contribution in [0.5, 0.6) is 11.5 Å². The van der Waals surface area contributed by atoms with Crippen LogP contribution in [0.15, 0.2) is 47.4 Å². The van der Waals surface area contributed by atoms with E-state index >= 15 is 0 Å². The van der Waals surface area contributed by atoms with E-state index in [1.54, 1.807) is 30.3 Å². The van der Waals surface area contributed by atoms with Gasteiger partial charge >= 0.3 is 5.97 Å². The van der Waals surface area contributed by atoms with Gasteiger partial charge in [0.05, 0.1) is 11.3 Å². The Morgan fingerprint density at radius 3 is 2.56 bits per heavy atom. The van der Waals surface area contributed by atoms with Gasteiger partial charge < -0.3 is 15.2 Å². The van der Waals surface area contributed by atoms with Gasteiger partial charge in [-0.1, -0.05) is 31.5 Å². The Balaban J connectivity index is 2.55. The lowest BCUT2D eigenvalue weighted by molar-refractivity contribution is 0.0696. The van der Waals surface area contributed by atoms with Crippen LogP contribution in [-0.4, -0.2) is 26.0 Å². The van der Waals surface area contributed by atoms with Crippen LogP contribution >= 0.6 is 0 Å². The summed E-state index contributed by atoms with van der Waals surface area (Å²) in [5, 5.41) is 17.4. The third kappa shape index (κ3) is 4.94. The van der Waals surface area contributed by atoms with Crippen molar-refractivity contribution in [1.29, 1.82) is 0 Å². The molecule has 0 heterocycles. The van der Waals surface area contributed by atoms with Crippen LogP contribution in [0.4, 0.5) is 5.69 Å². The van der Waals surface area contributed by atoms with Crippen LogP contribution in [0.1, 0.15) is 32.8 Å². The predicted molar refractivity (Wildman–Crippen MR) is 94.7 cm³/mol. The van der Waals surface area contributed by atoms with Crippen molar-refractivity contribution in [3.63, 3.8) is 0 Å². The minimum atomic E-state index is -4.29. The highest BCUT2D eigenvalue weighted by atomic mass is 32.2. The van der Waals surface area contributed by atoms with E-state index in [-0.39, 0.29) is 30.0 Å². The quantitative estimate of drug-likeness (QED) is 0.661. The number of rotatable bonds is 8. The van der Waals surface area contributed by atoms with E-state index < -0.39 is 27.3 Å². The Morgan fingerprint density at radius 1 is 1.32 bits per heavy atom. The van der Waals surface area contributed by atoms with Crippen molar-refractivity contribution in [2.24, 2.45) is 5.14 Å². The predicted octanol–water partition coefficient (Wildman–Crippen LogP) is 3.04. The molecule has 2 aromatic carbocycles. The lowest BCUT2D eigenvalue weighted by Crippen LogP contribution is -2.16. The zero-order valence-electron chi connectivity index (χ0n) is 15.5. The molecule has 0 atom stereocenters. The molecule has 2 rings (SSSR count). The molecule has 0 aliphatic carbocycles. The second-order valence-corrected chi connectivity index (χ2v) is 6.68. The molecule has 0 amide bonds. The van der Waals surface area contributed by atoms with Crippen molar-refractivity contribution >= 4 is 21.7 Å². The summed E-state index contributed by atoms with van der Waals surface area (Å²) in [5.74, 6) is -1.15. The molecule has 7 nitrogen and oxygen atoms in total. The minimum Gasteiger partial charge on any atom is -0.478 e. The van der Waals surface area contributed by atoms with Crippen molar-refractivity contribution in [1.82, 2.24) is 0 Å². The molecule has 0 radical (unpaired) electrons. The summed E-state index contributed by atoms with van der Waals surface area (Å²) in [6.45, 7) is 1.53. The number of carboxylic acids is 1. The van der Waals surface area contributed by atoms with Crippen LogP contribution in [0.25, 0.3) is 0 Å². The zero-order chi connectivity index (χ0) is 20.2.